The Morgan fingerprint density at radius 2 is 0.736 bits per heavy atom. The Hall–Kier alpha value is -2.37. The molecule has 0 amide bonds. The van der Waals surface area contributed by atoms with Gasteiger partial charge in [-0.1, -0.05) is 179 Å². The van der Waals surface area contributed by atoms with Gasteiger partial charge in [0.1, 0.15) is 13.2 Å². The molecule has 0 fully saturated rings. The molecule has 1 unspecified atom stereocenters. The number of esters is 3. The molecule has 0 aliphatic carbocycles. The predicted octanol–water partition coefficient (Wildman–Crippen LogP) is 14.2. The number of carbonyl (C=O) groups excluding carboxylic acids is 3. The molecule has 0 spiro atoms. The van der Waals surface area contributed by atoms with Gasteiger partial charge in [0.25, 0.3) is 0 Å². The highest BCUT2D eigenvalue weighted by Crippen LogP contribution is 2.14. The van der Waals surface area contributed by atoms with E-state index in [9.17, 15) is 14.4 Å². The summed E-state index contributed by atoms with van der Waals surface area (Å²) < 4.78 is 16.7. The molecule has 0 saturated carbocycles. The van der Waals surface area contributed by atoms with Crippen molar-refractivity contribution in [2.75, 3.05) is 13.2 Å². The minimum absolute atomic E-state index is 0.0782. The van der Waals surface area contributed by atoms with Crippen LogP contribution in [0.15, 0.2) is 36.5 Å². The lowest BCUT2D eigenvalue weighted by molar-refractivity contribution is -0.167. The molecule has 0 rings (SSSR count). The molecule has 0 aliphatic heterocycles. The van der Waals surface area contributed by atoms with Gasteiger partial charge in [-0.3, -0.25) is 14.4 Å². The lowest BCUT2D eigenvalue weighted by atomic mass is 10.1. The molecule has 0 aliphatic rings. The number of hydrogen-bond donors (Lipinski definition) is 0. The summed E-state index contributed by atoms with van der Waals surface area (Å²) >= 11 is 0. The smallest absolute Gasteiger partial charge is 0.306 e. The normalized spacial score (nSPS) is 12.3. The quantitative estimate of drug-likeness (QED) is 0.0269. The second-order valence-electron chi connectivity index (χ2n) is 15.0. The van der Waals surface area contributed by atoms with Crippen LogP contribution in [-0.2, 0) is 28.6 Å². The summed E-state index contributed by atoms with van der Waals surface area (Å²) in [6, 6.07) is 0. The Labute approximate surface area is 327 Å². The Balaban J connectivity index is 4.39. The van der Waals surface area contributed by atoms with Gasteiger partial charge >= 0.3 is 17.9 Å². The summed E-state index contributed by atoms with van der Waals surface area (Å²) in [5.41, 5.74) is 0. The molecule has 0 bridgehead atoms. The molecule has 308 valence electrons. The van der Waals surface area contributed by atoms with Gasteiger partial charge in [-0.25, -0.2) is 0 Å². The Kier molecular flexibility index (Phi) is 40.5. The van der Waals surface area contributed by atoms with Crippen LogP contribution >= 0.6 is 0 Å². The van der Waals surface area contributed by atoms with Crippen molar-refractivity contribution in [3.05, 3.63) is 36.5 Å². The van der Waals surface area contributed by atoms with Gasteiger partial charge in [0.15, 0.2) is 6.10 Å². The third-order valence-corrected chi connectivity index (χ3v) is 9.60. The van der Waals surface area contributed by atoms with Crippen LogP contribution in [0.3, 0.4) is 0 Å². The highest BCUT2D eigenvalue weighted by Gasteiger charge is 2.19. The van der Waals surface area contributed by atoms with Gasteiger partial charge in [-0.05, 0) is 64.2 Å². The maximum atomic E-state index is 12.7. The third-order valence-electron chi connectivity index (χ3n) is 9.60. The summed E-state index contributed by atoms with van der Waals surface area (Å²) in [4.78, 5) is 37.7. The van der Waals surface area contributed by atoms with E-state index in [-0.39, 0.29) is 31.1 Å². The molecule has 0 N–H and O–H groups in total. The molecule has 0 heterocycles. The zero-order valence-electron chi connectivity index (χ0n) is 35.0. The molecule has 0 aromatic heterocycles. The fourth-order valence-electron chi connectivity index (χ4n) is 6.17. The van der Waals surface area contributed by atoms with Gasteiger partial charge in [0, 0.05) is 19.3 Å². The number of unbranched alkanes of at least 4 members (excludes halogenated alkanes) is 23. The molecule has 6 nitrogen and oxygen atoms in total. The van der Waals surface area contributed by atoms with E-state index in [0.29, 0.717) is 19.3 Å². The van der Waals surface area contributed by atoms with Crippen molar-refractivity contribution in [3.8, 4) is 0 Å². The van der Waals surface area contributed by atoms with Crippen molar-refractivity contribution in [2.24, 2.45) is 0 Å². The average Bonchev–Trinajstić information content (AvgIpc) is 3.15. The summed E-state index contributed by atoms with van der Waals surface area (Å²) in [5.74, 6) is -0.903. The second-order valence-corrected chi connectivity index (χ2v) is 15.0. The lowest BCUT2D eigenvalue weighted by Crippen LogP contribution is -2.30. The summed E-state index contributed by atoms with van der Waals surface area (Å²) in [7, 11) is 0. The maximum Gasteiger partial charge on any atom is 0.306 e. The van der Waals surface area contributed by atoms with E-state index in [2.05, 4.69) is 57.2 Å². The van der Waals surface area contributed by atoms with Crippen LogP contribution in [0.25, 0.3) is 0 Å². The first-order valence-corrected chi connectivity index (χ1v) is 22.5. The van der Waals surface area contributed by atoms with Crippen molar-refractivity contribution in [1.29, 1.82) is 0 Å². The maximum absolute atomic E-state index is 12.7. The standard InChI is InChI=1S/C47H84O6/c1-4-7-10-13-16-19-22-23-26-28-31-34-37-40-46(49)52-43-44(53-47(50)41-38-35-32-29-25-21-18-15-12-9-6-3)42-51-45(48)39-36-33-30-27-24-20-17-14-11-8-5-2/h10,13,15,18-19,22,44H,4-9,11-12,14,16-17,20-21,23-43H2,1-3H3/b13-10-,18-15-,22-19-. The summed E-state index contributed by atoms with van der Waals surface area (Å²) in [6.45, 7) is 6.50. The van der Waals surface area contributed by atoms with Crippen LogP contribution in [0, 0.1) is 0 Å². The first-order valence-electron chi connectivity index (χ1n) is 22.5. The Bertz CT molecular complexity index is 907. The van der Waals surface area contributed by atoms with Crippen LogP contribution in [-0.4, -0.2) is 37.2 Å². The Morgan fingerprint density at radius 1 is 0.377 bits per heavy atom. The van der Waals surface area contributed by atoms with Gasteiger partial charge in [0.05, 0.1) is 0 Å². The number of ether oxygens (including phenoxy) is 3. The van der Waals surface area contributed by atoms with Crippen molar-refractivity contribution in [3.63, 3.8) is 0 Å². The number of carbonyl (C=O) groups is 3. The molecule has 0 saturated heterocycles. The van der Waals surface area contributed by atoms with Crippen molar-refractivity contribution < 1.29 is 28.6 Å². The monoisotopic (exact) mass is 745 g/mol. The summed E-state index contributed by atoms with van der Waals surface area (Å²) in [5, 5.41) is 0. The first-order chi connectivity index (χ1) is 26.0. The van der Waals surface area contributed by atoms with Crippen molar-refractivity contribution in [2.45, 2.75) is 232 Å². The van der Waals surface area contributed by atoms with Crippen molar-refractivity contribution >= 4 is 17.9 Å². The van der Waals surface area contributed by atoms with Crippen LogP contribution in [0.4, 0.5) is 0 Å². The largest absolute Gasteiger partial charge is 0.462 e. The fraction of sp³-hybridized carbons (Fsp3) is 0.809. The third kappa shape index (κ3) is 40.6. The fourth-order valence-corrected chi connectivity index (χ4v) is 6.17. The predicted molar refractivity (Wildman–Crippen MR) is 224 cm³/mol. The lowest BCUT2D eigenvalue weighted by Gasteiger charge is -2.18. The highest BCUT2D eigenvalue weighted by molar-refractivity contribution is 5.71. The van der Waals surface area contributed by atoms with Crippen LogP contribution in [0.1, 0.15) is 226 Å². The van der Waals surface area contributed by atoms with Gasteiger partial charge in [-0.15, -0.1) is 0 Å². The molecule has 53 heavy (non-hydrogen) atoms. The number of rotatable bonds is 40. The zero-order chi connectivity index (χ0) is 38.7. The molecule has 0 aromatic carbocycles. The zero-order valence-corrected chi connectivity index (χ0v) is 35.0. The topological polar surface area (TPSA) is 78.9 Å². The molecule has 1 atom stereocenters. The van der Waals surface area contributed by atoms with E-state index in [1.54, 1.807) is 0 Å². The van der Waals surface area contributed by atoms with E-state index in [4.69, 9.17) is 14.2 Å². The van der Waals surface area contributed by atoms with Crippen LogP contribution in [0.5, 0.6) is 0 Å². The van der Waals surface area contributed by atoms with E-state index in [1.807, 2.05) is 0 Å². The first kappa shape index (κ1) is 50.6. The van der Waals surface area contributed by atoms with E-state index >= 15 is 0 Å². The van der Waals surface area contributed by atoms with Gasteiger partial charge < -0.3 is 14.2 Å². The van der Waals surface area contributed by atoms with Gasteiger partial charge in [0.2, 0.25) is 0 Å². The molecule has 0 aromatic rings. The second kappa shape index (κ2) is 42.4. The van der Waals surface area contributed by atoms with E-state index in [0.717, 1.165) is 96.3 Å². The van der Waals surface area contributed by atoms with Crippen LogP contribution in [0.2, 0.25) is 0 Å². The minimum atomic E-state index is -0.776. The van der Waals surface area contributed by atoms with E-state index < -0.39 is 6.10 Å². The highest BCUT2D eigenvalue weighted by atomic mass is 16.6. The van der Waals surface area contributed by atoms with E-state index in [1.165, 1.54) is 89.9 Å². The molecule has 0 radical (unpaired) electrons. The minimum Gasteiger partial charge on any atom is -0.462 e. The molecular formula is C47H84O6. The number of hydrogen-bond acceptors (Lipinski definition) is 6. The molecular weight excluding hydrogens is 661 g/mol. The van der Waals surface area contributed by atoms with Gasteiger partial charge in [-0.2, -0.15) is 0 Å². The Morgan fingerprint density at radius 3 is 1.19 bits per heavy atom. The SMILES string of the molecule is CCC/C=C\C/C=C\CCCCCCCC(=O)OCC(COC(=O)CCCCCCCCCCCCC)OC(=O)CCCCCCC/C=C\CCCC. The summed E-state index contributed by atoms with van der Waals surface area (Å²) in [6.07, 6.45) is 46.9. The molecule has 6 heteroatoms. The van der Waals surface area contributed by atoms with Crippen molar-refractivity contribution in [1.82, 2.24) is 0 Å². The number of allylic oxidation sites excluding steroid dienone is 6. The van der Waals surface area contributed by atoms with Crippen LogP contribution < -0.4 is 0 Å². The average molecular weight is 745 g/mol.